The average Bonchev–Trinajstić information content (AvgIpc) is 2.33. The molecule has 0 aromatic heterocycles. The number of aliphatic hydroxyl groups excluding tert-OH is 2. The van der Waals surface area contributed by atoms with Gasteiger partial charge in [-0.15, -0.1) is 0 Å². The van der Waals surface area contributed by atoms with Crippen molar-refractivity contribution >= 4 is 16.1 Å². The summed E-state index contributed by atoms with van der Waals surface area (Å²) in [5.41, 5.74) is -1.14. The van der Waals surface area contributed by atoms with E-state index in [1.54, 1.807) is 0 Å². The van der Waals surface area contributed by atoms with E-state index >= 15 is 0 Å². The number of benzene rings is 1. The summed E-state index contributed by atoms with van der Waals surface area (Å²) < 4.78 is 63.1. The van der Waals surface area contributed by atoms with Gasteiger partial charge < -0.3 is 15.3 Å². The van der Waals surface area contributed by atoms with E-state index in [2.05, 4.69) is 11.8 Å². The van der Waals surface area contributed by atoms with Gasteiger partial charge in [0.05, 0.1) is 6.26 Å². The zero-order valence-corrected chi connectivity index (χ0v) is 12.4. The minimum absolute atomic E-state index is 0.166. The normalized spacial score (nSPS) is 9.35. The van der Waals surface area contributed by atoms with Crippen LogP contribution in [-0.2, 0) is 10.1 Å². The molecule has 0 aliphatic heterocycles. The quantitative estimate of drug-likeness (QED) is 0.419. The van der Waals surface area contributed by atoms with Crippen molar-refractivity contribution in [1.29, 1.82) is 0 Å². The molecule has 0 heterocycles. The molecule has 0 fully saturated rings. The Bertz CT molecular complexity index is 639. The highest BCUT2D eigenvalue weighted by molar-refractivity contribution is 7.85. The summed E-state index contributed by atoms with van der Waals surface area (Å²) in [5.74, 6) is -1.23. The van der Waals surface area contributed by atoms with E-state index in [1.165, 1.54) is 0 Å². The number of hydrogen-bond acceptors (Lipinski definition) is 5. The van der Waals surface area contributed by atoms with Crippen molar-refractivity contribution in [1.82, 2.24) is 0 Å². The van der Waals surface area contributed by atoms with Gasteiger partial charge in [-0.2, -0.15) is 8.42 Å². The molecule has 7 nitrogen and oxygen atoms in total. The monoisotopic (exact) mass is 358 g/mol. The van der Waals surface area contributed by atoms with Gasteiger partial charge in [0.15, 0.2) is 0 Å². The summed E-state index contributed by atoms with van der Waals surface area (Å²) in [4.78, 5) is 10.2. The second-order valence-electron chi connectivity index (χ2n) is 3.45. The molecule has 23 heavy (non-hydrogen) atoms. The number of rotatable bonds is 1. The van der Waals surface area contributed by atoms with Crippen molar-refractivity contribution in [2.45, 2.75) is 0 Å². The first-order chi connectivity index (χ1) is 10.4. The second kappa shape index (κ2) is 11.4. The minimum atomic E-state index is -3.67. The molecule has 0 spiro atoms. The lowest BCUT2D eigenvalue weighted by atomic mass is 10.2. The van der Waals surface area contributed by atoms with Gasteiger partial charge in [-0.1, -0.05) is 11.8 Å². The SMILES string of the molecule is CS(=O)(=O)O.O=C(O)c1c(F)cc(F)cc1F.OCC#CCO. The van der Waals surface area contributed by atoms with Gasteiger partial charge in [0, 0.05) is 12.1 Å². The van der Waals surface area contributed by atoms with E-state index in [1.807, 2.05) is 0 Å². The standard InChI is InChI=1S/C7H3F3O2.C4H6O2.CH4O3S/c8-3-1-4(9)6(7(11)12)5(10)2-3;5-3-1-2-4-6;1-5(2,3)4/h1-2H,(H,11,12);5-6H,3-4H2;1H3,(H,2,3,4). The molecule has 0 radical (unpaired) electrons. The Morgan fingerprint density at radius 1 is 1.09 bits per heavy atom. The Labute approximate surface area is 129 Å². The summed E-state index contributed by atoms with van der Waals surface area (Å²) in [6.45, 7) is -0.332. The van der Waals surface area contributed by atoms with Gasteiger partial charge in [0.2, 0.25) is 0 Å². The molecule has 0 amide bonds. The van der Waals surface area contributed by atoms with E-state index in [0.29, 0.717) is 18.4 Å². The fraction of sp³-hybridized carbons (Fsp3) is 0.250. The average molecular weight is 358 g/mol. The molecule has 0 bridgehead atoms. The van der Waals surface area contributed by atoms with E-state index in [9.17, 15) is 26.4 Å². The van der Waals surface area contributed by atoms with Crippen LogP contribution in [0.2, 0.25) is 0 Å². The van der Waals surface area contributed by atoms with Gasteiger partial charge in [-0.05, 0) is 0 Å². The lowest BCUT2D eigenvalue weighted by Crippen LogP contribution is -2.04. The first-order valence-corrected chi connectivity index (χ1v) is 7.26. The van der Waals surface area contributed by atoms with Gasteiger partial charge >= 0.3 is 5.97 Å². The van der Waals surface area contributed by atoms with Crippen molar-refractivity contribution in [3.05, 3.63) is 35.1 Å². The summed E-state index contributed by atoms with van der Waals surface area (Å²) in [5, 5.41) is 24.1. The van der Waals surface area contributed by atoms with Crippen molar-refractivity contribution in [2.75, 3.05) is 19.5 Å². The summed E-state index contributed by atoms with van der Waals surface area (Å²) in [7, 11) is -3.67. The summed E-state index contributed by atoms with van der Waals surface area (Å²) >= 11 is 0. The first kappa shape index (κ1) is 23.1. The Kier molecular flexibility index (Phi) is 11.5. The molecule has 130 valence electrons. The van der Waals surface area contributed by atoms with Crippen LogP contribution in [-0.4, -0.2) is 53.7 Å². The molecular weight excluding hydrogens is 345 g/mol. The van der Waals surface area contributed by atoms with Gasteiger partial charge in [0.1, 0.15) is 36.2 Å². The Hall–Kier alpha value is -2.13. The maximum atomic E-state index is 12.5. The highest BCUT2D eigenvalue weighted by Gasteiger charge is 2.17. The van der Waals surface area contributed by atoms with Crippen LogP contribution in [0, 0.1) is 29.3 Å². The Morgan fingerprint density at radius 3 is 1.61 bits per heavy atom. The van der Waals surface area contributed by atoms with Crippen LogP contribution in [0.3, 0.4) is 0 Å². The van der Waals surface area contributed by atoms with Crippen molar-refractivity contribution in [3.8, 4) is 11.8 Å². The van der Waals surface area contributed by atoms with Crippen molar-refractivity contribution < 1.29 is 46.3 Å². The number of carboxylic acid groups (broad SMARTS) is 1. The van der Waals surface area contributed by atoms with Crippen LogP contribution in [0.4, 0.5) is 13.2 Å². The molecule has 0 aliphatic carbocycles. The third kappa shape index (κ3) is 14.6. The third-order valence-electron chi connectivity index (χ3n) is 1.50. The zero-order valence-electron chi connectivity index (χ0n) is 11.6. The van der Waals surface area contributed by atoms with Crippen LogP contribution in [0.25, 0.3) is 0 Å². The fourth-order valence-corrected chi connectivity index (χ4v) is 0.858. The minimum Gasteiger partial charge on any atom is -0.477 e. The topological polar surface area (TPSA) is 132 Å². The molecule has 0 unspecified atom stereocenters. The lowest BCUT2D eigenvalue weighted by molar-refractivity contribution is 0.0686. The number of carbonyl (C=O) groups is 1. The van der Waals surface area contributed by atoms with Gasteiger partial charge in [-0.3, -0.25) is 4.55 Å². The molecule has 0 saturated carbocycles. The molecule has 4 N–H and O–H groups in total. The maximum Gasteiger partial charge on any atom is 0.341 e. The fourth-order valence-electron chi connectivity index (χ4n) is 0.858. The van der Waals surface area contributed by atoms with E-state index in [4.69, 9.17) is 19.9 Å². The first-order valence-electron chi connectivity index (χ1n) is 5.41. The number of halogens is 3. The van der Waals surface area contributed by atoms with E-state index in [0.717, 1.165) is 0 Å². The van der Waals surface area contributed by atoms with Crippen LogP contribution in [0.5, 0.6) is 0 Å². The number of aromatic carboxylic acids is 1. The number of carboxylic acids is 1. The maximum absolute atomic E-state index is 12.5. The molecule has 0 aliphatic rings. The van der Waals surface area contributed by atoms with Crippen LogP contribution in [0.1, 0.15) is 10.4 Å². The molecule has 0 atom stereocenters. The predicted octanol–water partition coefficient (Wildman–Crippen LogP) is 0.281. The largest absolute Gasteiger partial charge is 0.477 e. The highest BCUT2D eigenvalue weighted by atomic mass is 32.2. The van der Waals surface area contributed by atoms with E-state index in [-0.39, 0.29) is 13.2 Å². The van der Waals surface area contributed by atoms with E-state index < -0.39 is 39.1 Å². The van der Waals surface area contributed by atoms with Crippen LogP contribution < -0.4 is 0 Å². The van der Waals surface area contributed by atoms with Crippen molar-refractivity contribution in [2.24, 2.45) is 0 Å². The van der Waals surface area contributed by atoms with Crippen molar-refractivity contribution in [3.63, 3.8) is 0 Å². The van der Waals surface area contributed by atoms with Gasteiger partial charge in [0.25, 0.3) is 10.1 Å². The number of hydrogen-bond donors (Lipinski definition) is 4. The highest BCUT2D eigenvalue weighted by Crippen LogP contribution is 2.14. The zero-order chi connectivity index (χ0) is 18.6. The number of aliphatic hydroxyl groups is 2. The Morgan fingerprint density at radius 2 is 1.39 bits per heavy atom. The summed E-state index contributed by atoms with van der Waals surface area (Å²) in [6.07, 6.45) is 0.715. The molecule has 1 aromatic rings. The summed E-state index contributed by atoms with van der Waals surface area (Å²) in [6, 6.07) is 0.624. The smallest absolute Gasteiger partial charge is 0.341 e. The molecule has 1 rings (SSSR count). The van der Waals surface area contributed by atoms with Crippen LogP contribution in [0.15, 0.2) is 12.1 Å². The Balaban J connectivity index is 0. The van der Waals surface area contributed by atoms with Gasteiger partial charge in [-0.25, -0.2) is 18.0 Å². The molecular formula is C12H13F3O7S. The van der Waals surface area contributed by atoms with Crippen LogP contribution >= 0.6 is 0 Å². The molecule has 1 aromatic carbocycles. The molecule has 0 saturated heterocycles. The lowest BCUT2D eigenvalue weighted by Gasteiger charge is -1.98. The predicted molar refractivity (Wildman–Crippen MR) is 72.7 cm³/mol. The third-order valence-corrected chi connectivity index (χ3v) is 1.50. The second-order valence-corrected chi connectivity index (χ2v) is 4.92. The molecule has 11 heteroatoms.